The first kappa shape index (κ1) is 26.2. The average molecular weight is 481 g/mol. The minimum Gasteiger partial charge on any atom is -0.0812 e. The third-order valence-corrected chi connectivity index (χ3v) is 6.80. The van der Waals surface area contributed by atoms with Crippen LogP contribution in [0.2, 0.25) is 0 Å². The molecular weight excluding hydrogens is 443 g/mol. The van der Waals surface area contributed by atoms with Crippen molar-refractivity contribution in [3.8, 4) is 11.1 Å². The van der Waals surface area contributed by atoms with Crippen molar-refractivity contribution in [2.24, 2.45) is 0 Å². The second-order valence-corrected chi connectivity index (χ2v) is 9.65. The van der Waals surface area contributed by atoms with E-state index in [1.54, 1.807) is 0 Å². The molecule has 1 heteroatoms. The van der Waals surface area contributed by atoms with Crippen LogP contribution in [0, 0.1) is 0 Å². The first-order valence-corrected chi connectivity index (χ1v) is 13.6. The summed E-state index contributed by atoms with van der Waals surface area (Å²) in [4.78, 5) is 0. The number of allylic oxidation sites excluding steroid dienone is 12. The summed E-state index contributed by atoms with van der Waals surface area (Å²) in [7, 11) is 2.18. The summed E-state index contributed by atoms with van der Waals surface area (Å²) in [6.07, 6.45) is 29.2. The molecule has 1 aliphatic carbocycles. The van der Waals surface area contributed by atoms with Gasteiger partial charge in [0, 0.05) is 0 Å². The Morgan fingerprint density at radius 3 is 1.97 bits per heavy atom. The average Bonchev–Trinajstić information content (AvgIpc) is 2.93. The standard InChI is InChI=1S/C36H37B/c37-36-28-27-34(29-35(36)33-25-13-6-14-26-33)32-23-12-4-3-9-19-31(22-15-16-24-32)18-8-2-1-7-17-30-20-10-5-11-21-30/h3-6,9-16,19-29H,1-2,7-8,17-18,37H2/b4-3+,9-3?,12-4?,16-15-,19-9+,22-15?,23-12-,24-16?,31-19?,31-22-,32-23?,32-24+. The number of aryl methyl sites for hydroxylation is 1. The van der Waals surface area contributed by atoms with E-state index in [2.05, 4.69) is 147 Å². The van der Waals surface area contributed by atoms with Gasteiger partial charge in [0.25, 0.3) is 0 Å². The summed E-state index contributed by atoms with van der Waals surface area (Å²) < 4.78 is 0. The van der Waals surface area contributed by atoms with E-state index in [-0.39, 0.29) is 0 Å². The molecule has 0 unspecified atom stereocenters. The molecule has 0 aromatic heterocycles. The topological polar surface area (TPSA) is 0 Å². The molecule has 0 saturated carbocycles. The molecule has 0 spiro atoms. The first-order chi connectivity index (χ1) is 18.3. The van der Waals surface area contributed by atoms with Gasteiger partial charge in [0.15, 0.2) is 0 Å². The van der Waals surface area contributed by atoms with Gasteiger partial charge < -0.3 is 0 Å². The molecule has 184 valence electrons. The van der Waals surface area contributed by atoms with Crippen LogP contribution >= 0.6 is 0 Å². The van der Waals surface area contributed by atoms with Gasteiger partial charge in [-0.15, -0.1) is 0 Å². The maximum atomic E-state index is 2.31. The first-order valence-electron chi connectivity index (χ1n) is 13.6. The van der Waals surface area contributed by atoms with E-state index in [4.69, 9.17) is 0 Å². The van der Waals surface area contributed by atoms with Crippen LogP contribution < -0.4 is 5.46 Å². The highest BCUT2D eigenvalue weighted by Crippen LogP contribution is 2.23. The summed E-state index contributed by atoms with van der Waals surface area (Å²) in [6.45, 7) is 0. The Morgan fingerprint density at radius 2 is 1.19 bits per heavy atom. The third kappa shape index (κ3) is 8.65. The Labute approximate surface area is 224 Å². The van der Waals surface area contributed by atoms with Gasteiger partial charge in [0.2, 0.25) is 0 Å². The molecule has 0 saturated heterocycles. The maximum Gasteiger partial charge on any atom is 0.140 e. The highest BCUT2D eigenvalue weighted by molar-refractivity contribution is 6.36. The molecular formula is C36H37B. The summed E-state index contributed by atoms with van der Waals surface area (Å²) in [5.74, 6) is 0. The molecule has 37 heavy (non-hydrogen) atoms. The van der Waals surface area contributed by atoms with E-state index in [9.17, 15) is 0 Å². The van der Waals surface area contributed by atoms with Crippen molar-refractivity contribution in [2.45, 2.75) is 38.5 Å². The van der Waals surface area contributed by atoms with Gasteiger partial charge in [-0.3, -0.25) is 0 Å². The molecule has 0 amide bonds. The largest absolute Gasteiger partial charge is 0.140 e. The minimum atomic E-state index is 1.12. The number of hydrogen-bond acceptors (Lipinski definition) is 0. The Kier molecular flexibility index (Phi) is 10.4. The molecule has 3 aromatic rings. The zero-order valence-corrected chi connectivity index (χ0v) is 22.0. The molecule has 0 radical (unpaired) electrons. The molecule has 0 atom stereocenters. The second kappa shape index (κ2) is 14.7. The summed E-state index contributed by atoms with van der Waals surface area (Å²) in [6, 6.07) is 28.2. The highest BCUT2D eigenvalue weighted by atomic mass is 14.1. The van der Waals surface area contributed by atoms with Crippen LogP contribution in [0.15, 0.2) is 145 Å². The van der Waals surface area contributed by atoms with Crippen LogP contribution in [0.3, 0.4) is 0 Å². The lowest BCUT2D eigenvalue weighted by Crippen LogP contribution is -2.06. The molecule has 0 aliphatic heterocycles. The van der Waals surface area contributed by atoms with Crippen LogP contribution in [-0.2, 0) is 6.42 Å². The fourth-order valence-corrected chi connectivity index (χ4v) is 4.66. The molecule has 0 nitrogen and oxygen atoms in total. The summed E-state index contributed by atoms with van der Waals surface area (Å²) in [5.41, 5.74) is 9.10. The molecule has 4 rings (SSSR count). The Hall–Kier alpha value is -3.84. The van der Waals surface area contributed by atoms with Crippen LogP contribution in [0.5, 0.6) is 0 Å². The van der Waals surface area contributed by atoms with Crippen LogP contribution in [0.4, 0.5) is 0 Å². The van der Waals surface area contributed by atoms with Gasteiger partial charge in [-0.2, -0.15) is 0 Å². The number of benzene rings is 3. The van der Waals surface area contributed by atoms with Gasteiger partial charge in [-0.1, -0.05) is 152 Å². The van der Waals surface area contributed by atoms with Crippen molar-refractivity contribution < 1.29 is 0 Å². The predicted octanol–water partition coefficient (Wildman–Crippen LogP) is 8.35. The quantitative estimate of drug-likeness (QED) is 0.213. The van der Waals surface area contributed by atoms with Crippen molar-refractivity contribution in [3.05, 3.63) is 156 Å². The van der Waals surface area contributed by atoms with Crippen molar-refractivity contribution in [1.82, 2.24) is 0 Å². The van der Waals surface area contributed by atoms with Gasteiger partial charge in [-0.05, 0) is 65.1 Å². The fraction of sp³-hybridized carbons (Fsp3) is 0.167. The van der Waals surface area contributed by atoms with E-state index in [0.29, 0.717) is 0 Å². The molecule has 1 aliphatic rings. The summed E-state index contributed by atoms with van der Waals surface area (Å²) in [5, 5.41) is 0. The van der Waals surface area contributed by atoms with Crippen molar-refractivity contribution in [3.63, 3.8) is 0 Å². The Morgan fingerprint density at radius 1 is 0.514 bits per heavy atom. The normalized spacial score (nSPS) is 19.8. The SMILES string of the molecule is Bc1ccc(C2=C/C=C\C=C(CCCCCCc3ccccc3)/C=C/C=C/C=C\2)cc1-c1ccccc1. The van der Waals surface area contributed by atoms with Crippen molar-refractivity contribution in [2.75, 3.05) is 0 Å². The molecule has 3 aromatic carbocycles. The van der Waals surface area contributed by atoms with E-state index in [1.807, 2.05) is 0 Å². The third-order valence-electron chi connectivity index (χ3n) is 6.80. The lowest BCUT2D eigenvalue weighted by atomic mass is 9.85. The minimum absolute atomic E-state index is 1.12. The van der Waals surface area contributed by atoms with Gasteiger partial charge in [-0.25, -0.2) is 0 Å². The zero-order valence-electron chi connectivity index (χ0n) is 22.0. The Balaban J connectivity index is 1.39. The smallest absolute Gasteiger partial charge is 0.0812 e. The number of unbranched alkanes of at least 4 members (excludes halogenated alkanes) is 3. The molecule has 0 fully saturated rings. The summed E-state index contributed by atoms with van der Waals surface area (Å²) >= 11 is 0. The van der Waals surface area contributed by atoms with Crippen LogP contribution in [0.1, 0.15) is 43.2 Å². The predicted molar refractivity (Wildman–Crippen MR) is 166 cm³/mol. The second-order valence-electron chi connectivity index (χ2n) is 9.65. The lowest BCUT2D eigenvalue weighted by molar-refractivity contribution is 0.641. The molecule has 0 N–H and O–H groups in total. The molecule has 0 bridgehead atoms. The highest BCUT2D eigenvalue weighted by Gasteiger charge is 2.05. The van der Waals surface area contributed by atoms with Gasteiger partial charge in [0.1, 0.15) is 7.85 Å². The fourth-order valence-electron chi connectivity index (χ4n) is 4.66. The Bertz CT molecular complexity index is 1300. The van der Waals surface area contributed by atoms with E-state index >= 15 is 0 Å². The lowest BCUT2D eigenvalue weighted by Gasteiger charge is -2.10. The monoisotopic (exact) mass is 480 g/mol. The van der Waals surface area contributed by atoms with Crippen molar-refractivity contribution in [1.29, 1.82) is 0 Å². The number of hydrogen-bond donors (Lipinski definition) is 0. The molecule has 0 heterocycles. The van der Waals surface area contributed by atoms with E-state index in [1.165, 1.54) is 71.0 Å². The van der Waals surface area contributed by atoms with E-state index < -0.39 is 0 Å². The zero-order chi connectivity index (χ0) is 25.5. The van der Waals surface area contributed by atoms with Crippen LogP contribution in [0.25, 0.3) is 16.7 Å². The van der Waals surface area contributed by atoms with Crippen molar-refractivity contribution >= 4 is 18.9 Å². The number of rotatable bonds is 9. The van der Waals surface area contributed by atoms with Gasteiger partial charge >= 0.3 is 0 Å². The van der Waals surface area contributed by atoms with E-state index in [0.717, 1.165) is 6.42 Å². The van der Waals surface area contributed by atoms with Crippen LogP contribution in [-0.4, -0.2) is 7.85 Å². The maximum absolute atomic E-state index is 2.31. The van der Waals surface area contributed by atoms with Gasteiger partial charge in [0.05, 0.1) is 0 Å².